The number of anilines is 3. The fourth-order valence-corrected chi connectivity index (χ4v) is 3.32. The van der Waals surface area contributed by atoms with Crippen molar-refractivity contribution in [3.8, 4) is 11.5 Å². The molecule has 2 aromatic carbocycles. The number of amides is 1. The van der Waals surface area contributed by atoms with Crippen LogP contribution < -0.4 is 15.4 Å². The topological polar surface area (TPSA) is 92.3 Å². The van der Waals surface area contributed by atoms with Crippen LogP contribution in [0.2, 0.25) is 0 Å². The number of hydrogen-bond acceptors (Lipinski definition) is 7. The molecule has 4 rings (SSSR count). The molecule has 0 bridgehead atoms. The maximum atomic E-state index is 12.1. The molecule has 0 saturated heterocycles. The molecule has 0 saturated carbocycles. The van der Waals surface area contributed by atoms with Crippen molar-refractivity contribution in [1.29, 1.82) is 0 Å². The number of benzene rings is 2. The number of nitrogens with zero attached hydrogens (tertiary/aromatic N) is 4. The Balaban J connectivity index is 1.35. The number of carbonyl (C=O) groups excluding carboxylic acids is 1. The minimum absolute atomic E-state index is 0.231. The zero-order valence-electron chi connectivity index (χ0n) is 20.3. The zero-order chi connectivity index (χ0) is 25.2. The number of pyridine rings is 1. The molecule has 2 aromatic heterocycles. The van der Waals surface area contributed by atoms with Crippen molar-refractivity contribution in [2.24, 2.45) is 0 Å². The minimum atomic E-state index is -0.231. The van der Waals surface area contributed by atoms with Gasteiger partial charge in [0.1, 0.15) is 35.3 Å². The summed E-state index contributed by atoms with van der Waals surface area (Å²) in [5, 5.41) is 5.95. The van der Waals surface area contributed by atoms with Crippen molar-refractivity contribution >= 4 is 23.4 Å². The van der Waals surface area contributed by atoms with Crippen LogP contribution in [0, 0.1) is 0 Å². The van der Waals surface area contributed by atoms with Gasteiger partial charge in [-0.05, 0) is 56.1 Å². The van der Waals surface area contributed by atoms with E-state index >= 15 is 0 Å². The van der Waals surface area contributed by atoms with E-state index < -0.39 is 0 Å². The van der Waals surface area contributed by atoms with Crippen molar-refractivity contribution in [1.82, 2.24) is 19.9 Å². The van der Waals surface area contributed by atoms with Gasteiger partial charge in [0.15, 0.2) is 0 Å². The molecule has 0 radical (unpaired) electrons. The van der Waals surface area contributed by atoms with Crippen LogP contribution in [0.3, 0.4) is 0 Å². The van der Waals surface area contributed by atoms with Gasteiger partial charge in [-0.3, -0.25) is 4.79 Å². The standard InChI is InChI=1S/C28H28N6O2/c1-34(2)17-7-12-28(35)33-26-11-6-10-25(31-26)32-27-19-22(29-20-30-27)18-21-13-15-24(16-14-21)36-23-8-4-3-5-9-23/h3-16,19-20H,17-18H2,1-2H3,(H2,29,30,31,32,33,35)/b12-7+. The Morgan fingerprint density at radius 1 is 0.889 bits per heavy atom. The van der Waals surface area contributed by atoms with Crippen LogP contribution in [0.5, 0.6) is 11.5 Å². The van der Waals surface area contributed by atoms with Gasteiger partial charge in [-0.2, -0.15) is 0 Å². The molecule has 0 aliphatic carbocycles. The van der Waals surface area contributed by atoms with Crippen molar-refractivity contribution in [2.75, 3.05) is 31.3 Å². The predicted octanol–water partition coefficient (Wildman–Crippen LogP) is 5.05. The summed E-state index contributed by atoms with van der Waals surface area (Å²) < 4.78 is 5.86. The Hall–Kier alpha value is -4.56. The van der Waals surface area contributed by atoms with Gasteiger partial charge in [-0.1, -0.05) is 42.5 Å². The van der Waals surface area contributed by atoms with Gasteiger partial charge in [0.05, 0.1) is 5.69 Å². The Kier molecular flexibility index (Phi) is 8.35. The summed E-state index contributed by atoms with van der Waals surface area (Å²) in [7, 11) is 3.88. The molecular weight excluding hydrogens is 452 g/mol. The van der Waals surface area contributed by atoms with E-state index in [9.17, 15) is 4.79 Å². The minimum Gasteiger partial charge on any atom is -0.457 e. The molecule has 182 valence electrons. The number of ether oxygens (including phenoxy) is 1. The molecule has 36 heavy (non-hydrogen) atoms. The summed E-state index contributed by atoms with van der Waals surface area (Å²) in [6.45, 7) is 0.685. The van der Waals surface area contributed by atoms with Gasteiger partial charge in [0.25, 0.3) is 0 Å². The maximum Gasteiger partial charge on any atom is 0.249 e. The Morgan fingerprint density at radius 2 is 1.64 bits per heavy atom. The summed E-state index contributed by atoms with van der Waals surface area (Å²) >= 11 is 0. The van der Waals surface area contributed by atoms with Crippen LogP contribution >= 0.6 is 0 Å². The van der Waals surface area contributed by atoms with Crippen molar-refractivity contribution < 1.29 is 9.53 Å². The van der Waals surface area contributed by atoms with Crippen LogP contribution in [-0.2, 0) is 11.2 Å². The highest BCUT2D eigenvalue weighted by molar-refractivity contribution is 5.98. The fraction of sp³-hybridized carbons (Fsp3) is 0.143. The largest absolute Gasteiger partial charge is 0.457 e. The van der Waals surface area contributed by atoms with E-state index in [1.54, 1.807) is 12.1 Å². The van der Waals surface area contributed by atoms with E-state index in [4.69, 9.17) is 4.74 Å². The Morgan fingerprint density at radius 3 is 2.42 bits per heavy atom. The van der Waals surface area contributed by atoms with E-state index in [0.717, 1.165) is 22.8 Å². The van der Waals surface area contributed by atoms with Crippen LogP contribution in [0.25, 0.3) is 0 Å². The number of aromatic nitrogens is 3. The summed E-state index contributed by atoms with van der Waals surface area (Å²) in [6.07, 6.45) is 5.46. The number of nitrogens with one attached hydrogen (secondary N) is 2. The second-order valence-corrected chi connectivity index (χ2v) is 8.32. The molecule has 2 heterocycles. The molecule has 8 nitrogen and oxygen atoms in total. The lowest BCUT2D eigenvalue weighted by Crippen LogP contribution is -2.13. The molecule has 0 aliphatic heterocycles. The molecule has 0 aliphatic rings. The number of hydrogen-bond donors (Lipinski definition) is 2. The van der Waals surface area contributed by atoms with E-state index in [-0.39, 0.29) is 5.91 Å². The second kappa shape index (κ2) is 12.2. The highest BCUT2D eigenvalue weighted by atomic mass is 16.5. The van der Waals surface area contributed by atoms with Gasteiger partial charge in [0.2, 0.25) is 5.91 Å². The van der Waals surface area contributed by atoms with Crippen molar-refractivity contribution in [3.05, 3.63) is 109 Å². The third kappa shape index (κ3) is 7.75. The van der Waals surface area contributed by atoms with Crippen LogP contribution in [0.15, 0.2) is 97.3 Å². The van der Waals surface area contributed by atoms with E-state index in [0.29, 0.717) is 30.4 Å². The molecule has 0 unspecified atom stereocenters. The smallest absolute Gasteiger partial charge is 0.249 e. The summed E-state index contributed by atoms with van der Waals surface area (Å²) in [6, 6.07) is 24.9. The first-order valence-corrected chi connectivity index (χ1v) is 11.5. The maximum absolute atomic E-state index is 12.1. The molecule has 0 spiro atoms. The van der Waals surface area contributed by atoms with E-state index in [2.05, 4.69) is 25.6 Å². The predicted molar refractivity (Wildman–Crippen MR) is 142 cm³/mol. The van der Waals surface area contributed by atoms with E-state index in [1.165, 1.54) is 12.4 Å². The normalized spacial score (nSPS) is 11.0. The van der Waals surface area contributed by atoms with Crippen molar-refractivity contribution in [3.63, 3.8) is 0 Å². The second-order valence-electron chi connectivity index (χ2n) is 8.32. The average molecular weight is 481 g/mol. The Labute approximate surface area is 210 Å². The summed E-state index contributed by atoms with van der Waals surface area (Å²) in [5.41, 5.74) is 1.96. The van der Waals surface area contributed by atoms with Gasteiger partial charge in [0, 0.05) is 25.1 Å². The number of para-hydroxylation sites is 1. The molecule has 8 heteroatoms. The van der Waals surface area contributed by atoms with Gasteiger partial charge >= 0.3 is 0 Å². The molecule has 2 N–H and O–H groups in total. The number of likely N-dealkylation sites (N-methyl/N-ethyl adjacent to an activating group) is 1. The highest BCUT2D eigenvalue weighted by Gasteiger charge is 2.05. The molecule has 1 amide bonds. The third-order valence-electron chi connectivity index (χ3n) is 5.01. The van der Waals surface area contributed by atoms with Crippen LogP contribution in [0.4, 0.5) is 17.5 Å². The SMILES string of the molecule is CN(C)C/C=C/C(=O)Nc1cccc(Nc2cc(Cc3ccc(Oc4ccccc4)cc3)ncn2)n1. The van der Waals surface area contributed by atoms with Gasteiger partial charge in [-0.15, -0.1) is 0 Å². The molecule has 0 fully saturated rings. The molecule has 4 aromatic rings. The lowest BCUT2D eigenvalue weighted by molar-refractivity contribution is -0.111. The fourth-order valence-electron chi connectivity index (χ4n) is 3.32. The Bertz CT molecular complexity index is 1310. The number of rotatable bonds is 10. The lowest BCUT2D eigenvalue weighted by Gasteiger charge is -2.09. The lowest BCUT2D eigenvalue weighted by atomic mass is 10.1. The highest BCUT2D eigenvalue weighted by Crippen LogP contribution is 2.22. The monoisotopic (exact) mass is 480 g/mol. The van der Waals surface area contributed by atoms with Crippen LogP contribution in [0.1, 0.15) is 11.3 Å². The van der Waals surface area contributed by atoms with Gasteiger partial charge < -0.3 is 20.3 Å². The first kappa shape index (κ1) is 24.6. The van der Waals surface area contributed by atoms with E-state index in [1.807, 2.05) is 91.8 Å². The van der Waals surface area contributed by atoms with Crippen LogP contribution in [-0.4, -0.2) is 46.4 Å². The molecular formula is C28H28N6O2. The van der Waals surface area contributed by atoms with Gasteiger partial charge in [-0.25, -0.2) is 15.0 Å². The summed E-state index contributed by atoms with van der Waals surface area (Å²) in [5.74, 6) is 2.98. The van der Waals surface area contributed by atoms with Crippen molar-refractivity contribution in [2.45, 2.75) is 6.42 Å². The first-order valence-electron chi connectivity index (χ1n) is 11.5. The number of carbonyl (C=O) groups is 1. The zero-order valence-corrected chi connectivity index (χ0v) is 20.3. The third-order valence-corrected chi connectivity index (χ3v) is 5.01. The first-order chi connectivity index (χ1) is 17.5. The summed E-state index contributed by atoms with van der Waals surface area (Å²) in [4.78, 5) is 27.2. The molecule has 0 atom stereocenters. The average Bonchev–Trinajstić information content (AvgIpc) is 2.86. The quantitative estimate of drug-likeness (QED) is 0.307.